The Hall–Kier alpha value is 3.42. The molecule has 0 fully saturated rings. The van der Waals surface area contributed by atoms with Crippen LogP contribution in [0.3, 0.4) is 0 Å². The van der Waals surface area contributed by atoms with E-state index >= 15 is 0 Å². The summed E-state index contributed by atoms with van der Waals surface area (Å²) in [7, 11) is 0. The number of rotatable bonds is 6. The molecule has 0 unspecified atom stereocenters. The third-order valence-corrected chi connectivity index (χ3v) is 20.5. The van der Waals surface area contributed by atoms with Crippen molar-refractivity contribution < 1.29 is 0 Å². The summed E-state index contributed by atoms with van der Waals surface area (Å²) in [6.07, 6.45) is 6.10. The normalized spacial score (nSPS) is 10.7. The van der Waals surface area contributed by atoms with Crippen molar-refractivity contribution in [2.45, 2.75) is 80.1 Å². The largest absolute Gasteiger partial charge is 0.0612 e. The Morgan fingerprint density at radius 1 is 0.214 bits per heavy atom. The average molecular weight is 1350 g/mol. The van der Waals surface area contributed by atoms with Gasteiger partial charge >= 0.3 is 0 Å². The van der Waals surface area contributed by atoms with Crippen LogP contribution in [-0.4, -0.2) is 0 Å². The van der Waals surface area contributed by atoms with Crippen molar-refractivity contribution in [3.05, 3.63) is 87.1 Å². The van der Waals surface area contributed by atoms with Crippen LogP contribution in [0.5, 0.6) is 0 Å². The van der Waals surface area contributed by atoms with E-state index in [1.807, 2.05) is 0 Å². The zero-order valence-corrected chi connectivity index (χ0v) is 42.8. The highest BCUT2D eigenvalue weighted by atomic mass is 79.9. The molecule has 0 aliphatic heterocycles. The van der Waals surface area contributed by atoms with Crippen molar-refractivity contribution in [1.82, 2.24) is 0 Å². The fourth-order valence-electron chi connectivity index (χ4n) is 4.16. The molecule has 0 saturated carbocycles. The fraction of sp³-hybridized carbons (Fsp3) is 0.400. The van der Waals surface area contributed by atoms with E-state index in [1.165, 1.54) is 37.9 Å². The predicted molar refractivity (Wildman–Crippen MR) is 228 cm³/mol. The van der Waals surface area contributed by atoms with Crippen LogP contribution in [0.1, 0.15) is 74.9 Å². The van der Waals surface area contributed by atoms with Crippen LogP contribution in [0.15, 0.2) is 53.7 Å². The van der Waals surface area contributed by atoms with Gasteiger partial charge in [-0.25, -0.2) is 0 Å². The van der Waals surface area contributed by atoms with Gasteiger partial charge in [-0.1, -0.05) is 57.5 Å². The Morgan fingerprint density at radius 3 is 0.571 bits per heavy atom. The highest BCUT2D eigenvalue weighted by Gasteiger charge is 2.18. The monoisotopic (exact) mass is 1340 g/mol. The van der Waals surface area contributed by atoms with Gasteiger partial charge in [-0.2, -0.15) is 0 Å². The summed E-state index contributed by atoms with van der Waals surface area (Å²) in [5, 5.41) is 0. The molecule has 3 aromatic rings. The molecule has 0 aliphatic rings. The van der Waals surface area contributed by atoms with Crippen LogP contribution in [0, 0.1) is 0 Å². The average Bonchev–Trinajstić information content (AvgIpc) is 2.97. The quantitative estimate of drug-likeness (QED) is 0.170. The van der Waals surface area contributed by atoms with Crippen LogP contribution in [0.2, 0.25) is 0 Å². The van der Waals surface area contributed by atoms with Gasteiger partial charge in [-0.05, 0) is 247 Å². The maximum absolute atomic E-state index is 3.66. The SMILES string of the molecule is CCc1c(Br)c(Br)c(Br)c(Br)c1CC.CCc1c(Br)c(Br)c(Br)c(CC)c1Br.CCc1c(Br)c(Br)c(CC)c(Br)c1Br. The van der Waals surface area contributed by atoms with Gasteiger partial charge in [0, 0.05) is 53.7 Å². The molecule has 0 aromatic heterocycles. The molecule has 0 nitrogen and oxygen atoms in total. The van der Waals surface area contributed by atoms with E-state index in [0.29, 0.717) is 0 Å². The first-order valence-electron chi connectivity index (χ1n) is 13.1. The molecule has 42 heavy (non-hydrogen) atoms. The second kappa shape index (κ2) is 20.8. The van der Waals surface area contributed by atoms with Crippen LogP contribution < -0.4 is 0 Å². The number of hydrogen-bond acceptors (Lipinski definition) is 0. The minimum absolute atomic E-state index is 1.00. The van der Waals surface area contributed by atoms with E-state index < -0.39 is 0 Å². The molecule has 0 spiro atoms. The number of halogens is 12. The Bertz CT molecular complexity index is 1280. The summed E-state index contributed by atoms with van der Waals surface area (Å²) >= 11 is 43.3. The first-order valence-corrected chi connectivity index (χ1v) is 22.6. The Balaban J connectivity index is 0.000000315. The van der Waals surface area contributed by atoms with E-state index in [4.69, 9.17) is 0 Å². The lowest BCUT2D eigenvalue weighted by Gasteiger charge is -2.14. The predicted octanol–water partition coefficient (Wildman–Crippen LogP) is 17.6. The second-order valence-electron chi connectivity index (χ2n) is 8.76. The molecular formula is C30H30Br12. The van der Waals surface area contributed by atoms with E-state index in [1.54, 1.807) is 0 Å². The van der Waals surface area contributed by atoms with Crippen molar-refractivity contribution in [1.29, 1.82) is 0 Å². The zero-order valence-electron chi connectivity index (χ0n) is 23.8. The van der Waals surface area contributed by atoms with Crippen LogP contribution in [-0.2, 0) is 38.5 Å². The minimum atomic E-state index is 1.00. The number of hydrogen-bond donors (Lipinski definition) is 0. The van der Waals surface area contributed by atoms with Crippen molar-refractivity contribution in [2.24, 2.45) is 0 Å². The summed E-state index contributed by atoms with van der Waals surface area (Å²) < 4.78 is 13.7. The standard InChI is InChI=1S/3C10H10Br4/c1-3-5-7(11)9(13)6(4-2)10(14)8(5)12;1-3-5-7(11)6(4-2)9(13)10(14)8(5)12;1-3-5-6(4-2)8(12)10(14)9(13)7(5)11/h3*3-4H2,1-2H3. The van der Waals surface area contributed by atoms with Crippen molar-refractivity contribution in [3.8, 4) is 0 Å². The molecule has 0 atom stereocenters. The van der Waals surface area contributed by atoms with Gasteiger partial charge in [0.15, 0.2) is 0 Å². The van der Waals surface area contributed by atoms with E-state index in [9.17, 15) is 0 Å². The lowest BCUT2D eigenvalue weighted by atomic mass is 10.0. The maximum Gasteiger partial charge on any atom is 0.0474 e. The molecule has 3 rings (SSSR count). The molecule has 0 aliphatic carbocycles. The Morgan fingerprint density at radius 2 is 0.357 bits per heavy atom. The van der Waals surface area contributed by atoms with Gasteiger partial charge in [0.2, 0.25) is 0 Å². The second-order valence-corrected chi connectivity index (χ2v) is 18.3. The van der Waals surface area contributed by atoms with Crippen molar-refractivity contribution in [3.63, 3.8) is 0 Å². The van der Waals surface area contributed by atoms with Crippen molar-refractivity contribution in [2.75, 3.05) is 0 Å². The summed E-state index contributed by atoms with van der Waals surface area (Å²) in [4.78, 5) is 0. The lowest BCUT2D eigenvalue weighted by Crippen LogP contribution is -1.96. The summed E-state index contributed by atoms with van der Waals surface area (Å²) in [5.74, 6) is 0. The molecule has 0 N–H and O–H groups in total. The van der Waals surface area contributed by atoms with Crippen molar-refractivity contribution >= 4 is 191 Å². The number of benzene rings is 3. The molecule has 3 aromatic carbocycles. The fourth-order valence-corrected chi connectivity index (χ4v) is 14.0. The topological polar surface area (TPSA) is 0 Å². The molecule has 12 heteroatoms. The van der Waals surface area contributed by atoms with Gasteiger partial charge in [0.25, 0.3) is 0 Å². The van der Waals surface area contributed by atoms with Crippen LogP contribution >= 0.6 is 191 Å². The van der Waals surface area contributed by atoms with Gasteiger partial charge in [0.1, 0.15) is 0 Å². The Labute approximate surface area is 352 Å². The first-order chi connectivity index (χ1) is 19.6. The molecule has 0 radical (unpaired) electrons. The Kier molecular flexibility index (Phi) is 21.5. The molecule has 0 saturated heterocycles. The molecule has 0 bridgehead atoms. The molecular weight excluding hydrogens is 1320 g/mol. The van der Waals surface area contributed by atoms with E-state index in [0.717, 1.165) is 87.7 Å². The van der Waals surface area contributed by atoms with Crippen LogP contribution in [0.25, 0.3) is 0 Å². The van der Waals surface area contributed by atoms with E-state index in [-0.39, 0.29) is 0 Å². The molecule has 234 valence electrons. The highest BCUT2D eigenvalue weighted by molar-refractivity contribution is 9.15. The van der Waals surface area contributed by atoms with E-state index in [2.05, 4.69) is 233 Å². The molecule has 0 amide bonds. The third kappa shape index (κ3) is 10.2. The summed E-state index contributed by atoms with van der Waals surface area (Å²) in [6.45, 7) is 13.0. The van der Waals surface area contributed by atoms with Gasteiger partial charge < -0.3 is 0 Å². The summed E-state index contributed by atoms with van der Waals surface area (Å²) in [5.41, 5.74) is 7.96. The lowest BCUT2D eigenvalue weighted by molar-refractivity contribution is 1.01. The smallest absolute Gasteiger partial charge is 0.0474 e. The molecule has 0 heterocycles. The van der Waals surface area contributed by atoms with Gasteiger partial charge in [-0.15, -0.1) is 0 Å². The maximum atomic E-state index is 3.66. The first kappa shape index (κ1) is 43.4. The zero-order chi connectivity index (χ0) is 32.6. The minimum Gasteiger partial charge on any atom is -0.0612 e. The van der Waals surface area contributed by atoms with Gasteiger partial charge in [0.05, 0.1) is 0 Å². The third-order valence-electron chi connectivity index (χ3n) is 6.48. The summed E-state index contributed by atoms with van der Waals surface area (Å²) in [6, 6.07) is 0. The van der Waals surface area contributed by atoms with Crippen LogP contribution in [0.4, 0.5) is 0 Å². The van der Waals surface area contributed by atoms with Gasteiger partial charge in [-0.3, -0.25) is 0 Å². The highest BCUT2D eigenvalue weighted by Crippen LogP contribution is 2.44.